The topological polar surface area (TPSA) is 97.1 Å². The fourth-order valence-electron chi connectivity index (χ4n) is 2.64. The summed E-state index contributed by atoms with van der Waals surface area (Å²) in [5.74, 6) is 1.55. The van der Waals surface area contributed by atoms with Gasteiger partial charge in [0.25, 0.3) is 5.91 Å². The molecule has 1 aliphatic heterocycles. The molecule has 0 aromatic carbocycles. The Balaban J connectivity index is 1.63. The van der Waals surface area contributed by atoms with E-state index in [1.807, 2.05) is 0 Å². The van der Waals surface area contributed by atoms with Crippen LogP contribution in [0.2, 0.25) is 0 Å². The quantitative estimate of drug-likeness (QED) is 0.901. The number of H-pyrrole nitrogens is 1. The molecule has 2 fully saturated rings. The largest absolute Gasteiger partial charge is 0.447 e. The van der Waals surface area contributed by atoms with E-state index in [-0.39, 0.29) is 11.9 Å². The summed E-state index contributed by atoms with van der Waals surface area (Å²) in [5.41, 5.74) is 0.420. The van der Waals surface area contributed by atoms with Crippen LogP contribution in [-0.4, -0.2) is 50.7 Å². The van der Waals surface area contributed by atoms with E-state index in [0.29, 0.717) is 43.0 Å². The molecule has 1 saturated carbocycles. The molecule has 1 unspecified atom stereocenters. The zero-order chi connectivity index (χ0) is 14.2. The van der Waals surface area contributed by atoms with Crippen LogP contribution in [0, 0.1) is 0 Å². The molecule has 2 aromatic rings. The summed E-state index contributed by atoms with van der Waals surface area (Å²) in [6.07, 6.45) is 4.90. The van der Waals surface area contributed by atoms with E-state index in [1.54, 1.807) is 4.90 Å². The summed E-state index contributed by atoms with van der Waals surface area (Å²) in [6.45, 7) is 1.41. The summed E-state index contributed by atoms with van der Waals surface area (Å²) >= 11 is 0. The van der Waals surface area contributed by atoms with Crippen molar-refractivity contribution in [3.8, 4) is 0 Å². The maximum Gasteiger partial charge on any atom is 0.276 e. The lowest BCUT2D eigenvalue weighted by molar-refractivity contribution is -0.00550. The molecule has 0 spiro atoms. The number of rotatable bonds is 3. The first-order chi connectivity index (χ1) is 10.3. The number of amides is 1. The van der Waals surface area contributed by atoms with E-state index in [9.17, 15) is 4.79 Å². The minimum absolute atomic E-state index is 0.129. The molecule has 21 heavy (non-hydrogen) atoms. The third-order valence-electron chi connectivity index (χ3n) is 3.88. The number of aromatic nitrogens is 4. The average Bonchev–Trinajstić information content (AvgIpc) is 3.05. The fourth-order valence-corrected chi connectivity index (χ4v) is 2.64. The van der Waals surface area contributed by atoms with Gasteiger partial charge in [-0.1, -0.05) is 0 Å². The first-order valence-electron chi connectivity index (χ1n) is 7.02. The molecule has 1 amide bonds. The van der Waals surface area contributed by atoms with Gasteiger partial charge in [-0.15, -0.1) is 0 Å². The number of carbonyl (C=O) groups is 1. The van der Waals surface area contributed by atoms with Gasteiger partial charge < -0.3 is 14.1 Å². The Morgan fingerprint density at radius 1 is 1.38 bits per heavy atom. The van der Waals surface area contributed by atoms with Gasteiger partial charge in [-0.25, -0.2) is 9.97 Å². The van der Waals surface area contributed by atoms with E-state index < -0.39 is 0 Å². The van der Waals surface area contributed by atoms with Crippen molar-refractivity contribution in [2.75, 3.05) is 19.8 Å². The molecule has 4 rings (SSSR count). The van der Waals surface area contributed by atoms with Crippen LogP contribution in [0.25, 0.3) is 0 Å². The molecular weight excluding hydrogens is 274 g/mol. The van der Waals surface area contributed by atoms with E-state index >= 15 is 0 Å². The van der Waals surface area contributed by atoms with Gasteiger partial charge in [0.05, 0.1) is 13.2 Å². The lowest BCUT2D eigenvalue weighted by atomic mass is 10.1. The Morgan fingerprint density at radius 3 is 3.05 bits per heavy atom. The molecule has 1 N–H and O–H groups in total. The lowest BCUT2D eigenvalue weighted by Gasteiger charge is -2.33. The highest BCUT2D eigenvalue weighted by Gasteiger charge is 2.37. The van der Waals surface area contributed by atoms with Crippen LogP contribution in [0.3, 0.4) is 0 Å². The number of aromatic amines is 1. The minimum atomic E-state index is -0.266. The van der Waals surface area contributed by atoms with Crippen LogP contribution in [0.5, 0.6) is 0 Å². The summed E-state index contributed by atoms with van der Waals surface area (Å²) in [4.78, 5) is 22.8. The number of nitrogens with zero attached hydrogens (tertiary/aromatic N) is 4. The molecule has 8 heteroatoms. The molecule has 1 atom stereocenters. The summed E-state index contributed by atoms with van der Waals surface area (Å²) < 4.78 is 10.9. The second kappa shape index (κ2) is 4.96. The minimum Gasteiger partial charge on any atom is -0.447 e. The van der Waals surface area contributed by atoms with Crippen LogP contribution in [0.4, 0.5) is 0 Å². The summed E-state index contributed by atoms with van der Waals surface area (Å²) in [6, 6.07) is -0.266. The van der Waals surface area contributed by atoms with Crippen molar-refractivity contribution in [2.24, 2.45) is 0 Å². The third kappa shape index (κ3) is 2.21. The molecule has 3 heterocycles. The maximum atomic E-state index is 12.8. The molecule has 1 saturated heterocycles. The van der Waals surface area contributed by atoms with Crippen molar-refractivity contribution in [1.29, 1.82) is 0 Å². The molecule has 110 valence electrons. The van der Waals surface area contributed by atoms with Crippen LogP contribution >= 0.6 is 0 Å². The number of ether oxygens (including phenoxy) is 1. The maximum absolute atomic E-state index is 12.8. The van der Waals surface area contributed by atoms with Crippen molar-refractivity contribution in [1.82, 2.24) is 25.1 Å². The van der Waals surface area contributed by atoms with E-state index in [0.717, 1.165) is 12.8 Å². The van der Waals surface area contributed by atoms with Crippen molar-refractivity contribution in [3.05, 3.63) is 30.0 Å². The molecule has 1 aliphatic carbocycles. The Hall–Kier alpha value is -2.22. The molecule has 0 bridgehead atoms. The first kappa shape index (κ1) is 12.5. The second-order valence-electron chi connectivity index (χ2n) is 5.30. The SMILES string of the molecule is O=C(c1ncoc1C1CC1)N1CCOCC1c1ncn[nH]1. The van der Waals surface area contributed by atoms with Crippen LogP contribution < -0.4 is 0 Å². The molecule has 8 nitrogen and oxygen atoms in total. The number of morpholine rings is 1. The summed E-state index contributed by atoms with van der Waals surface area (Å²) in [7, 11) is 0. The third-order valence-corrected chi connectivity index (χ3v) is 3.88. The Kier molecular flexibility index (Phi) is 2.95. The number of hydrogen-bond acceptors (Lipinski definition) is 6. The zero-order valence-corrected chi connectivity index (χ0v) is 11.4. The van der Waals surface area contributed by atoms with Crippen LogP contribution in [-0.2, 0) is 4.74 Å². The van der Waals surface area contributed by atoms with Gasteiger partial charge in [0.2, 0.25) is 0 Å². The van der Waals surface area contributed by atoms with Crippen LogP contribution in [0.15, 0.2) is 17.1 Å². The van der Waals surface area contributed by atoms with Crippen molar-refractivity contribution in [2.45, 2.75) is 24.8 Å². The highest BCUT2D eigenvalue weighted by molar-refractivity contribution is 5.93. The predicted octanol–water partition coefficient (Wildman–Crippen LogP) is 0.884. The Labute approximate surface area is 120 Å². The lowest BCUT2D eigenvalue weighted by Crippen LogP contribution is -2.44. The highest BCUT2D eigenvalue weighted by atomic mass is 16.5. The van der Waals surface area contributed by atoms with Crippen molar-refractivity contribution >= 4 is 5.91 Å². The van der Waals surface area contributed by atoms with Gasteiger partial charge >= 0.3 is 0 Å². The first-order valence-corrected chi connectivity index (χ1v) is 7.02. The number of hydrogen-bond donors (Lipinski definition) is 1. The van der Waals surface area contributed by atoms with Crippen molar-refractivity contribution in [3.63, 3.8) is 0 Å². The highest BCUT2D eigenvalue weighted by Crippen LogP contribution is 2.42. The zero-order valence-electron chi connectivity index (χ0n) is 11.4. The number of carbonyl (C=O) groups excluding carboxylic acids is 1. The van der Waals surface area contributed by atoms with Crippen molar-refractivity contribution < 1.29 is 13.9 Å². The van der Waals surface area contributed by atoms with E-state index in [1.165, 1.54) is 12.7 Å². The monoisotopic (exact) mass is 289 g/mol. The molecule has 2 aliphatic rings. The predicted molar refractivity (Wildman–Crippen MR) is 69.5 cm³/mol. The van der Waals surface area contributed by atoms with E-state index in [2.05, 4.69) is 20.2 Å². The smallest absolute Gasteiger partial charge is 0.276 e. The number of nitrogens with one attached hydrogen (secondary N) is 1. The number of oxazole rings is 1. The Bertz CT molecular complexity index is 634. The fraction of sp³-hybridized carbons (Fsp3) is 0.538. The van der Waals surface area contributed by atoms with Gasteiger partial charge in [0, 0.05) is 12.5 Å². The van der Waals surface area contributed by atoms with Gasteiger partial charge in [-0.3, -0.25) is 9.89 Å². The van der Waals surface area contributed by atoms with Gasteiger partial charge in [-0.2, -0.15) is 5.10 Å². The molecule has 2 aromatic heterocycles. The van der Waals surface area contributed by atoms with E-state index in [4.69, 9.17) is 9.15 Å². The molecular formula is C13H15N5O3. The van der Waals surface area contributed by atoms with Gasteiger partial charge in [0.1, 0.15) is 24.0 Å². The standard InChI is InChI=1S/C13H15N5O3/c19-13(10-11(8-1-2-8)21-7-15-10)18-3-4-20-5-9(18)12-14-6-16-17-12/h6-9H,1-5H2,(H,14,16,17). The van der Waals surface area contributed by atoms with Crippen LogP contribution in [0.1, 0.15) is 46.9 Å². The normalized spacial score (nSPS) is 22.5. The van der Waals surface area contributed by atoms with Gasteiger partial charge in [-0.05, 0) is 12.8 Å². The molecule has 0 radical (unpaired) electrons. The average molecular weight is 289 g/mol. The Morgan fingerprint density at radius 2 is 2.29 bits per heavy atom. The van der Waals surface area contributed by atoms with Gasteiger partial charge in [0.15, 0.2) is 12.1 Å². The second-order valence-corrected chi connectivity index (χ2v) is 5.30. The summed E-state index contributed by atoms with van der Waals surface area (Å²) in [5, 5.41) is 6.65.